The lowest BCUT2D eigenvalue weighted by Crippen LogP contribution is -2.13. The van der Waals surface area contributed by atoms with Gasteiger partial charge >= 0.3 is 0 Å². The zero-order chi connectivity index (χ0) is 19.9. The molecule has 0 saturated carbocycles. The lowest BCUT2D eigenvalue weighted by molar-refractivity contribution is -0.124. The number of nitrogens with zero attached hydrogens (tertiary/aromatic N) is 1. The van der Waals surface area contributed by atoms with Crippen LogP contribution in [0.15, 0.2) is 66.7 Å². The van der Waals surface area contributed by atoms with Crippen molar-refractivity contribution >= 4 is 5.91 Å². The summed E-state index contributed by atoms with van der Waals surface area (Å²) in [6.45, 7) is 7.64. The molecule has 2 aromatic rings. The minimum Gasteiger partial charge on any atom is -0.497 e. The predicted molar refractivity (Wildman–Crippen MR) is 108 cm³/mol. The first-order valence-electron chi connectivity index (χ1n) is 9.39. The largest absolute Gasteiger partial charge is 0.497 e. The highest BCUT2D eigenvalue weighted by atomic mass is 16.5. The fourth-order valence-electron chi connectivity index (χ4n) is 3.33. The van der Waals surface area contributed by atoms with Gasteiger partial charge in [0.25, 0.3) is 0 Å². The highest BCUT2D eigenvalue weighted by Crippen LogP contribution is 2.34. The second kappa shape index (κ2) is 9.53. The van der Waals surface area contributed by atoms with Crippen molar-refractivity contribution in [2.45, 2.75) is 32.2 Å². The van der Waals surface area contributed by atoms with Crippen LogP contribution in [-0.4, -0.2) is 43.2 Å². The summed E-state index contributed by atoms with van der Waals surface area (Å²) >= 11 is 0. The van der Waals surface area contributed by atoms with Gasteiger partial charge in [-0.2, -0.15) is 0 Å². The van der Waals surface area contributed by atoms with Crippen molar-refractivity contribution in [3.8, 4) is 5.75 Å². The van der Waals surface area contributed by atoms with Gasteiger partial charge < -0.3 is 19.1 Å². The van der Waals surface area contributed by atoms with Gasteiger partial charge in [-0.25, -0.2) is 0 Å². The minimum atomic E-state index is -0.0101. The number of rotatable bonds is 10. The van der Waals surface area contributed by atoms with Gasteiger partial charge in [0.05, 0.1) is 45.6 Å². The molecule has 1 amide bonds. The molecule has 1 aliphatic heterocycles. The lowest BCUT2D eigenvalue weighted by Gasteiger charge is -2.07. The summed E-state index contributed by atoms with van der Waals surface area (Å²) in [5.41, 5.74) is 3.09. The van der Waals surface area contributed by atoms with E-state index in [1.54, 1.807) is 14.0 Å². The van der Waals surface area contributed by atoms with Gasteiger partial charge in [0, 0.05) is 6.92 Å². The van der Waals surface area contributed by atoms with Gasteiger partial charge in [-0.15, -0.1) is 0 Å². The molecule has 148 valence electrons. The van der Waals surface area contributed by atoms with E-state index in [1.807, 2.05) is 59.5 Å². The quantitative estimate of drug-likeness (QED) is 0.466. The maximum Gasteiger partial charge on any atom is 0.220 e. The van der Waals surface area contributed by atoms with Crippen LogP contribution >= 0.6 is 0 Å². The molecule has 0 aromatic heterocycles. The molecule has 0 spiro atoms. The molecule has 3 rings (SSSR count). The van der Waals surface area contributed by atoms with Crippen LogP contribution in [0.5, 0.6) is 5.75 Å². The molecule has 5 nitrogen and oxygen atoms in total. The second-order valence-electron chi connectivity index (χ2n) is 6.94. The summed E-state index contributed by atoms with van der Waals surface area (Å²) in [6, 6.07) is 17.8. The maximum atomic E-state index is 11.9. The smallest absolute Gasteiger partial charge is 0.220 e. The fourth-order valence-corrected chi connectivity index (χ4v) is 3.33. The summed E-state index contributed by atoms with van der Waals surface area (Å²) < 4.78 is 16.8. The van der Waals surface area contributed by atoms with Crippen LogP contribution in [0.1, 0.15) is 18.1 Å². The Bertz CT molecular complexity index is 788. The standard InChI is InChI=1S/C23H27NO4/c1-17(13-27-14-19-7-5-4-6-8-19)23-22(24(23)18(2)25)16-28-15-20-9-11-21(26-3)12-10-20/h4-12,22-23H,1,13-16H2,2-3H3/t22-,23-,24?/m1/s1. The summed E-state index contributed by atoms with van der Waals surface area (Å²) in [5.74, 6) is 0.854. The van der Waals surface area contributed by atoms with Gasteiger partial charge in [0.1, 0.15) is 5.75 Å². The molecule has 0 unspecified atom stereocenters. The predicted octanol–water partition coefficient (Wildman–Crippen LogP) is 3.58. The Hall–Kier alpha value is -2.63. The Balaban J connectivity index is 1.44. The molecular weight excluding hydrogens is 354 g/mol. The number of methoxy groups -OCH3 is 1. The highest BCUT2D eigenvalue weighted by Gasteiger charge is 2.50. The molecule has 1 aliphatic rings. The first-order chi connectivity index (χ1) is 13.6. The first-order valence-corrected chi connectivity index (χ1v) is 9.39. The van der Waals surface area contributed by atoms with E-state index < -0.39 is 0 Å². The van der Waals surface area contributed by atoms with Crippen LogP contribution in [-0.2, 0) is 27.5 Å². The normalized spacial score (nSPS) is 18.0. The van der Waals surface area contributed by atoms with Crippen LogP contribution in [0.2, 0.25) is 0 Å². The van der Waals surface area contributed by atoms with E-state index in [1.165, 1.54) is 0 Å². The van der Waals surface area contributed by atoms with Gasteiger partial charge in [-0.05, 0) is 28.8 Å². The third-order valence-electron chi connectivity index (χ3n) is 4.83. The van der Waals surface area contributed by atoms with E-state index in [2.05, 4.69) is 6.58 Å². The SMILES string of the molecule is C=C(COCc1ccccc1)[C@@H]1[C@@H](COCc2ccc(OC)cc2)N1C(C)=O. The molecule has 5 heteroatoms. The molecule has 1 heterocycles. The second-order valence-corrected chi connectivity index (χ2v) is 6.94. The summed E-state index contributed by atoms with van der Waals surface area (Å²) in [4.78, 5) is 13.7. The number of amides is 1. The van der Waals surface area contributed by atoms with E-state index in [4.69, 9.17) is 14.2 Å². The maximum absolute atomic E-state index is 11.9. The van der Waals surface area contributed by atoms with Crippen LogP contribution in [0, 0.1) is 0 Å². The number of hydrogen-bond donors (Lipinski definition) is 0. The summed E-state index contributed by atoms with van der Waals surface area (Å²) in [7, 11) is 1.64. The van der Waals surface area contributed by atoms with E-state index in [-0.39, 0.29) is 18.0 Å². The number of carbonyl (C=O) groups is 1. The van der Waals surface area contributed by atoms with E-state index >= 15 is 0 Å². The zero-order valence-corrected chi connectivity index (χ0v) is 16.5. The fraction of sp³-hybridized carbons (Fsp3) is 0.348. The molecule has 2 aromatic carbocycles. The van der Waals surface area contributed by atoms with Crippen LogP contribution in [0.4, 0.5) is 0 Å². The molecule has 0 aliphatic carbocycles. The average molecular weight is 381 g/mol. The van der Waals surface area contributed by atoms with Crippen molar-refractivity contribution in [2.75, 3.05) is 20.3 Å². The van der Waals surface area contributed by atoms with Gasteiger partial charge in [-0.1, -0.05) is 49.0 Å². The Morgan fingerprint density at radius 1 is 1.00 bits per heavy atom. The van der Waals surface area contributed by atoms with Crippen molar-refractivity contribution in [1.29, 1.82) is 0 Å². The number of ether oxygens (including phenoxy) is 3. The van der Waals surface area contributed by atoms with Crippen LogP contribution in [0.3, 0.4) is 0 Å². The number of benzene rings is 2. The molecule has 1 saturated heterocycles. The Morgan fingerprint density at radius 2 is 1.64 bits per heavy atom. The molecule has 0 N–H and O–H groups in total. The molecule has 28 heavy (non-hydrogen) atoms. The summed E-state index contributed by atoms with van der Waals surface area (Å²) in [6.07, 6.45) is 0. The Morgan fingerprint density at radius 3 is 2.29 bits per heavy atom. The van der Waals surface area contributed by atoms with Gasteiger partial charge in [0.2, 0.25) is 5.91 Å². The van der Waals surface area contributed by atoms with Crippen LogP contribution < -0.4 is 4.74 Å². The molecule has 2 atom stereocenters. The van der Waals surface area contributed by atoms with Gasteiger partial charge in [0.15, 0.2) is 0 Å². The average Bonchev–Trinajstić information content (AvgIpc) is 3.44. The zero-order valence-electron chi connectivity index (χ0n) is 16.5. The Labute approximate surface area is 166 Å². The number of carbonyl (C=O) groups excluding carboxylic acids is 1. The Kier molecular flexibility index (Phi) is 6.85. The monoisotopic (exact) mass is 381 g/mol. The van der Waals surface area contributed by atoms with E-state index in [0.717, 1.165) is 22.4 Å². The third kappa shape index (κ3) is 5.21. The minimum absolute atomic E-state index is 0.0101. The third-order valence-corrected chi connectivity index (χ3v) is 4.83. The molecular formula is C23H27NO4. The first kappa shape index (κ1) is 20.1. The van der Waals surface area contributed by atoms with Crippen molar-refractivity contribution in [3.63, 3.8) is 0 Å². The van der Waals surface area contributed by atoms with E-state index in [0.29, 0.717) is 26.4 Å². The molecule has 0 radical (unpaired) electrons. The van der Waals surface area contributed by atoms with Gasteiger partial charge in [-0.3, -0.25) is 4.79 Å². The van der Waals surface area contributed by atoms with Crippen molar-refractivity contribution in [3.05, 3.63) is 77.9 Å². The van der Waals surface area contributed by atoms with E-state index in [9.17, 15) is 4.79 Å². The lowest BCUT2D eigenvalue weighted by atomic mass is 10.2. The topological polar surface area (TPSA) is 47.8 Å². The van der Waals surface area contributed by atoms with Crippen LogP contribution in [0.25, 0.3) is 0 Å². The molecule has 0 bridgehead atoms. The van der Waals surface area contributed by atoms with Crippen molar-refractivity contribution < 1.29 is 19.0 Å². The molecule has 1 fully saturated rings. The highest BCUT2D eigenvalue weighted by molar-refractivity contribution is 5.78. The summed E-state index contributed by atoms with van der Waals surface area (Å²) in [5, 5.41) is 0. The van der Waals surface area contributed by atoms with Crippen molar-refractivity contribution in [1.82, 2.24) is 4.90 Å². The van der Waals surface area contributed by atoms with Crippen molar-refractivity contribution in [2.24, 2.45) is 0 Å². The number of hydrogen-bond acceptors (Lipinski definition) is 4.